The van der Waals surface area contributed by atoms with Gasteiger partial charge in [-0.3, -0.25) is 4.79 Å². The zero-order valence-corrected chi connectivity index (χ0v) is 12.6. The first-order valence-corrected chi connectivity index (χ1v) is 6.85. The van der Waals surface area contributed by atoms with Gasteiger partial charge in [0.2, 0.25) is 0 Å². The van der Waals surface area contributed by atoms with Gasteiger partial charge in [0.25, 0.3) is 5.91 Å². The van der Waals surface area contributed by atoms with Crippen LogP contribution in [0.4, 0.5) is 0 Å². The van der Waals surface area contributed by atoms with Crippen LogP contribution in [0.25, 0.3) is 0 Å². The number of hydrogen-bond acceptors (Lipinski definition) is 2. The molecule has 1 aromatic rings. The van der Waals surface area contributed by atoms with Crippen molar-refractivity contribution in [3.8, 4) is 5.75 Å². The second-order valence-corrected chi connectivity index (χ2v) is 5.90. The minimum Gasteiger partial charge on any atom is -0.488 e. The first kappa shape index (κ1) is 15.5. The second kappa shape index (κ2) is 6.60. The van der Waals surface area contributed by atoms with E-state index in [-0.39, 0.29) is 11.5 Å². The zero-order valence-electron chi connectivity index (χ0n) is 12.6. The van der Waals surface area contributed by atoms with Crippen LogP contribution >= 0.6 is 0 Å². The zero-order chi connectivity index (χ0) is 14.5. The van der Waals surface area contributed by atoms with Gasteiger partial charge in [0, 0.05) is 12.6 Å². The molecule has 0 unspecified atom stereocenters. The summed E-state index contributed by atoms with van der Waals surface area (Å²) < 4.78 is 5.99. The number of benzene rings is 1. The predicted molar refractivity (Wildman–Crippen MR) is 78.6 cm³/mol. The summed E-state index contributed by atoms with van der Waals surface area (Å²) in [6, 6.07) is 7.27. The Balaban J connectivity index is 2.64. The van der Waals surface area contributed by atoms with E-state index >= 15 is 0 Å². The fourth-order valence-electron chi connectivity index (χ4n) is 1.83. The molecule has 0 aliphatic carbocycles. The van der Waals surface area contributed by atoms with Crippen LogP contribution in [0.2, 0.25) is 0 Å². The van der Waals surface area contributed by atoms with E-state index < -0.39 is 0 Å². The number of amides is 1. The van der Waals surface area contributed by atoms with Gasteiger partial charge in [0.1, 0.15) is 11.4 Å². The van der Waals surface area contributed by atoms with E-state index in [0.29, 0.717) is 11.5 Å². The molecule has 0 aliphatic rings. The van der Waals surface area contributed by atoms with Crippen molar-refractivity contribution in [1.82, 2.24) is 5.32 Å². The number of carbonyl (C=O) groups is 1. The Hall–Kier alpha value is -1.51. The Morgan fingerprint density at radius 3 is 2.32 bits per heavy atom. The molecule has 0 saturated heterocycles. The molecule has 3 nitrogen and oxygen atoms in total. The van der Waals surface area contributed by atoms with Crippen LogP contribution in [-0.2, 0) is 0 Å². The standard InChI is InChI=1S/C16H25NO2/c1-12(2)10-11-16(3,4)19-14-8-6-13(7-9-14)15(18)17-5/h6-9,12H,10-11H2,1-5H3,(H,17,18). The van der Waals surface area contributed by atoms with Crippen LogP contribution in [0.5, 0.6) is 5.75 Å². The molecule has 1 rings (SSSR count). The van der Waals surface area contributed by atoms with Crippen LogP contribution < -0.4 is 10.1 Å². The molecular weight excluding hydrogens is 238 g/mol. The lowest BCUT2D eigenvalue weighted by atomic mass is 9.97. The van der Waals surface area contributed by atoms with E-state index in [1.807, 2.05) is 12.1 Å². The second-order valence-electron chi connectivity index (χ2n) is 5.90. The van der Waals surface area contributed by atoms with Crippen molar-refractivity contribution in [3.05, 3.63) is 29.8 Å². The third kappa shape index (κ3) is 5.33. The fourth-order valence-corrected chi connectivity index (χ4v) is 1.83. The molecule has 0 saturated carbocycles. The van der Waals surface area contributed by atoms with Crippen molar-refractivity contribution in [3.63, 3.8) is 0 Å². The summed E-state index contributed by atoms with van der Waals surface area (Å²) >= 11 is 0. The molecule has 1 aromatic carbocycles. The summed E-state index contributed by atoms with van der Waals surface area (Å²) in [7, 11) is 1.63. The minimum absolute atomic E-state index is 0.0781. The summed E-state index contributed by atoms with van der Waals surface area (Å²) in [5, 5.41) is 2.60. The fraction of sp³-hybridized carbons (Fsp3) is 0.562. The van der Waals surface area contributed by atoms with Crippen molar-refractivity contribution in [2.45, 2.75) is 46.1 Å². The number of carbonyl (C=O) groups excluding carboxylic acids is 1. The Morgan fingerprint density at radius 2 is 1.84 bits per heavy atom. The van der Waals surface area contributed by atoms with Gasteiger partial charge in [-0.1, -0.05) is 13.8 Å². The lowest BCUT2D eigenvalue weighted by Crippen LogP contribution is -2.28. The summed E-state index contributed by atoms with van der Waals surface area (Å²) in [5.41, 5.74) is 0.466. The van der Waals surface area contributed by atoms with Gasteiger partial charge in [-0.2, -0.15) is 0 Å². The highest BCUT2D eigenvalue weighted by atomic mass is 16.5. The molecule has 3 heteroatoms. The summed E-state index contributed by atoms with van der Waals surface area (Å²) in [6.07, 6.45) is 2.16. The quantitative estimate of drug-likeness (QED) is 0.851. The van der Waals surface area contributed by atoms with Gasteiger partial charge in [-0.15, -0.1) is 0 Å². The average molecular weight is 263 g/mol. The van der Waals surface area contributed by atoms with E-state index in [1.165, 1.54) is 0 Å². The highest BCUT2D eigenvalue weighted by molar-refractivity contribution is 5.94. The van der Waals surface area contributed by atoms with Crippen molar-refractivity contribution in [1.29, 1.82) is 0 Å². The van der Waals surface area contributed by atoms with Crippen LogP contribution in [-0.4, -0.2) is 18.6 Å². The smallest absolute Gasteiger partial charge is 0.251 e. The highest BCUT2D eigenvalue weighted by Gasteiger charge is 2.20. The van der Waals surface area contributed by atoms with Crippen molar-refractivity contribution >= 4 is 5.91 Å². The topological polar surface area (TPSA) is 38.3 Å². The molecule has 0 fully saturated rings. The molecule has 0 aliphatic heterocycles. The first-order valence-electron chi connectivity index (χ1n) is 6.85. The van der Waals surface area contributed by atoms with Gasteiger partial charge in [0.05, 0.1) is 0 Å². The third-order valence-electron chi connectivity index (χ3n) is 3.06. The molecule has 0 spiro atoms. The molecule has 0 bridgehead atoms. The van der Waals surface area contributed by atoms with E-state index in [9.17, 15) is 4.79 Å². The normalized spacial score (nSPS) is 11.5. The summed E-state index contributed by atoms with van der Waals surface area (Å²) in [6.45, 7) is 8.63. The molecule has 1 N–H and O–H groups in total. The van der Waals surface area contributed by atoms with Gasteiger partial charge in [0.15, 0.2) is 0 Å². The Kier molecular flexibility index (Phi) is 5.40. The highest BCUT2D eigenvalue weighted by Crippen LogP contribution is 2.24. The Morgan fingerprint density at radius 1 is 1.26 bits per heavy atom. The van der Waals surface area contributed by atoms with Crippen LogP contribution in [0, 0.1) is 5.92 Å². The molecule has 0 heterocycles. The number of rotatable bonds is 6. The van der Waals surface area contributed by atoms with E-state index in [4.69, 9.17) is 4.74 Å². The summed E-state index contributed by atoms with van der Waals surface area (Å²) in [4.78, 5) is 11.4. The third-order valence-corrected chi connectivity index (χ3v) is 3.06. The monoisotopic (exact) mass is 263 g/mol. The molecule has 1 amide bonds. The van der Waals surface area contributed by atoms with Gasteiger partial charge >= 0.3 is 0 Å². The Labute approximate surface area is 116 Å². The van der Waals surface area contributed by atoms with E-state index in [1.54, 1.807) is 19.2 Å². The van der Waals surface area contributed by atoms with Gasteiger partial charge in [-0.25, -0.2) is 0 Å². The minimum atomic E-state index is -0.182. The van der Waals surface area contributed by atoms with Gasteiger partial charge in [-0.05, 0) is 56.9 Å². The van der Waals surface area contributed by atoms with Crippen molar-refractivity contribution < 1.29 is 9.53 Å². The molecular formula is C16H25NO2. The molecule has 106 valence electrons. The maximum absolute atomic E-state index is 11.4. The predicted octanol–water partition coefficient (Wildman–Crippen LogP) is 3.64. The number of ether oxygens (including phenoxy) is 1. The molecule has 0 aromatic heterocycles. The first-order chi connectivity index (χ1) is 8.84. The SMILES string of the molecule is CNC(=O)c1ccc(OC(C)(C)CCC(C)C)cc1. The largest absolute Gasteiger partial charge is 0.488 e. The van der Waals surface area contributed by atoms with E-state index in [2.05, 4.69) is 33.0 Å². The van der Waals surface area contributed by atoms with E-state index in [0.717, 1.165) is 18.6 Å². The molecule has 19 heavy (non-hydrogen) atoms. The Bertz CT molecular complexity index is 407. The van der Waals surface area contributed by atoms with Gasteiger partial charge < -0.3 is 10.1 Å². The maximum Gasteiger partial charge on any atom is 0.251 e. The van der Waals surface area contributed by atoms with Crippen LogP contribution in [0.15, 0.2) is 24.3 Å². The van der Waals surface area contributed by atoms with Crippen molar-refractivity contribution in [2.24, 2.45) is 5.92 Å². The van der Waals surface area contributed by atoms with Crippen LogP contribution in [0.3, 0.4) is 0 Å². The summed E-state index contributed by atoms with van der Waals surface area (Å²) in [5.74, 6) is 1.41. The molecule has 0 atom stereocenters. The lowest BCUT2D eigenvalue weighted by Gasteiger charge is -2.27. The lowest BCUT2D eigenvalue weighted by molar-refractivity contribution is 0.0926. The number of hydrogen-bond donors (Lipinski definition) is 1. The average Bonchev–Trinajstić information content (AvgIpc) is 2.36. The number of nitrogens with one attached hydrogen (secondary N) is 1. The van der Waals surface area contributed by atoms with Crippen molar-refractivity contribution in [2.75, 3.05) is 7.05 Å². The molecule has 0 radical (unpaired) electrons. The van der Waals surface area contributed by atoms with Crippen LogP contribution in [0.1, 0.15) is 50.9 Å². The maximum atomic E-state index is 11.4.